The number of hydrogen-bond donors (Lipinski definition) is 2. The molecule has 2 heterocycles. The molecular weight excluding hydrogens is 380 g/mol. The first kappa shape index (κ1) is 16.6. The molecule has 1 aromatic heterocycles. The third-order valence-electron chi connectivity index (χ3n) is 4.93. The number of aliphatic imine (C=N–C) groups is 1. The van der Waals surface area contributed by atoms with E-state index >= 15 is 0 Å². The number of guanidine groups is 1. The standard InChI is InChI=1S/C18H23BrN6/c1-11-21-17-15(4-3-9-25(17)24-11)22-18(20-2)23-16-10-14(16)12-5-7-13(19)8-6-12/h5-8,14-16H,3-4,9-10H2,1-2H3,(H2,20,22,23). The Labute approximate surface area is 156 Å². The van der Waals surface area contributed by atoms with Crippen molar-refractivity contribution in [3.63, 3.8) is 0 Å². The van der Waals surface area contributed by atoms with Crippen LogP contribution in [0.2, 0.25) is 0 Å². The molecular formula is C18H23BrN6. The van der Waals surface area contributed by atoms with E-state index in [0.29, 0.717) is 12.0 Å². The fraction of sp³-hybridized carbons (Fsp3) is 0.500. The Kier molecular flexibility index (Phi) is 4.50. The Bertz CT molecular complexity index is 781. The van der Waals surface area contributed by atoms with Gasteiger partial charge in [0.15, 0.2) is 5.96 Å². The van der Waals surface area contributed by atoms with Gasteiger partial charge in [-0.25, -0.2) is 9.67 Å². The first-order valence-corrected chi connectivity index (χ1v) is 9.60. The minimum atomic E-state index is 0.172. The molecule has 1 aliphatic heterocycles. The molecule has 2 aliphatic rings. The molecule has 3 unspecified atom stereocenters. The zero-order valence-corrected chi connectivity index (χ0v) is 16.1. The Morgan fingerprint density at radius 1 is 1.28 bits per heavy atom. The lowest BCUT2D eigenvalue weighted by atomic mass is 10.1. The van der Waals surface area contributed by atoms with Gasteiger partial charge in [0.05, 0.1) is 6.04 Å². The molecule has 3 atom stereocenters. The molecule has 6 nitrogen and oxygen atoms in total. The summed E-state index contributed by atoms with van der Waals surface area (Å²) in [6, 6.07) is 9.21. The van der Waals surface area contributed by atoms with Gasteiger partial charge in [0.1, 0.15) is 11.6 Å². The number of aromatic nitrogens is 3. The van der Waals surface area contributed by atoms with Crippen LogP contribution in [0.1, 0.15) is 48.4 Å². The van der Waals surface area contributed by atoms with E-state index in [2.05, 4.69) is 65.9 Å². The molecule has 4 rings (SSSR count). The van der Waals surface area contributed by atoms with Crippen molar-refractivity contribution >= 4 is 21.9 Å². The third kappa shape index (κ3) is 3.56. The molecule has 132 valence electrons. The van der Waals surface area contributed by atoms with Crippen molar-refractivity contribution in [2.75, 3.05) is 7.05 Å². The van der Waals surface area contributed by atoms with Crippen molar-refractivity contribution < 1.29 is 0 Å². The predicted molar refractivity (Wildman–Crippen MR) is 102 cm³/mol. The number of nitrogens with zero attached hydrogens (tertiary/aromatic N) is 4. The van der Waals surface area contributed by atoms with Crippen LogP contribution in [0.4, 0.5) is 0 Å². The van der Waals surface area contributed by atoms with Crippen LogP contribution in [0, 0.1) is 6.92 Å². The van der Waals surface area contributed by atoms with Gasteiger partial charge in [-0.1, -0.05) is 28.1 Å². The minimum Gasteiger partial charge on any atom is -0.353 e. The predicted octanol–water partition coefficient (Wildman–Crippen LogP) is 2.91. The lowest BCUT2D eigenvalue weighted by Crippen LogP contribution is -2.42. The number of aryl methyl sites for hydroxylation is 2. The second-order valence-corrected chi connectivity index (χ2v) is 7.71. The molecule has 1 aliphatic carbocycles. The summed E-state index contributed by atoms with van der Waals surface area (Å²) in [5.41, 5.74) is 1.38. The highest BCUT2D eigenvalue weighted by Crippen LogP contribution is 2.41. The van der Waals surface area contributed by atoms with Crippen LogP contribution in [0.3, 0.4) is 0 Å². The van der Waals surface area contributed by atoms with Gasteiger partial charge in [0, 0.05) is 30.0 Å². The van der Waals surface area contributed by atoms with Gasteiger partial charge in [-0.05, 0) is 43.9 Å². The van der Waals surface area contributed by atoms with Gasteiger partial charge >= 0.3 is 0 Å². The average molecular weight is 403 g/mol. The van der Waals surface area contributed by atoms with Gasteiger partial charge in [0.2, 0.25) is 0 Å². The minimum absolute atomic E-state index is 0.172. The summed E-state index contributed by atoms with van der Waals surface area (Å²) < 4.78 is 3.14. The first-order valence-electron chi connectivity index (χ1n) is 8.80. The van der Waals surface area contributed by atoms with Crippen molar-refractivity contribution in [3.05, 3.63) is 46.0 Å². The zero-order valence-electron chi connectivity index (χ0n) is 14.5. The Balaban J connectivity index is 1.39. The van der Waals surface area contributed by atoms with E-state index in [9.17, 15) is 0 Å². The van der Waals surface area contributed by atoms with Gasteiger partial charge in [-0.2, -0.15) is 5.10 Å². The molecule has 1 fully saturated rings. The maximum atomic E-state index is 4.59. The number of fused-ring (bicyclic) bond motifs is 1. The van der Waals surface area contributed by atoms with Crippen LogP contribution in [-0.2, 0) is 6.54 Å². The monoisotopic (exact) mass is 402 g/mol. The van der Waals surface area contributed by atoms with E-state index in [4.69, 9.17) is 0 Å². The van der Waals surface area contributed by atoms with Crippen LogP contribution >= 0.6 is 15.9 Å². The van der Waals surface area contributed by atoms with E-state index in [-0.39, 0.29) is 6.04 Å². The molecule has 7 heteroatoms. The van der Waals surface area contributed by atoms with E-state index in [1.807, 2.05) is 18.7 Å². The summed E-state index contributed by atoms with van der Waals surface area (Å²) >= 11 is 3.49. The second kappa shape index (κ2) is 6.78. The largest absolute Gasteiger partial charge is 0.353 e. The fourth-order valence-corrected chi connectivity index (χ4v) is 3.81. The number of hydrogen-bond acceptors (Lipinski definition) is 3. The summed E-state index contributed by atoms with van der Waals surface area (Å²) in [5, 5.41) is 11.6. The van der Waals surface area contributed by atoms with E-state index in [1.54, 1.807) is 0 Å². The quantitative estimate of drug-likeness (QED) is 0.611. The second-order valence-electron chi connectivity index (χ2n) is 6.80. The SMILES string of the molecule is CN=C(NC1CCCn2nc(C)nc21)NC1CC1c1ccc(Br)cc1. The van der Waals surface area contributed by atoms with E-state index in [1.165, 1.54) is 5.56 Å². The topological polar surface area (TPSA) is 67.1 Å². The molecule has 0 bridgehead atoms. The number of nitrogens with one attached hydrogen (secondary N) is 2. The Hall–Kier alpha value is -1.89. The Morgan fingerprint density at radius 3 is 2.84 bits per heavy atom. The van der Waals surface area contributed by atoms with Crippen LogP contribution in [0.15, 0.2) is 33.7 Å². The Morgan fingerprint density at radius 2 is 2.08 bits per heavy atom. The number of rotatable bonds is 3. The van der Waals surface area contributed by atoms with Crippen LogP contribution in [0.5, 0.6) is 0 Å². The summed E-state index contributed by atoms with van der Waals surface area (Å²) in [7, 11) is 1.82. The summed E-state index contributed by atoms with van der Waals surface area (Å²) in [6.45, 7) is 2.90. The van der Waals surface area contributed by atoms with Crippen molar-refractivity contribution in [2.24, 2.45) is 4.99 Å². The smallest absolute Gasteiger partial charge is 0.191 e. The zero-order chi connectivity index (χ0) is 17.4. The van der Waals surface area contributed by atoms with Crippen LogP contribution in [0.25, 0.3) is 0 Å². The molecule has 0 radical (unpaired) electrons. The summed E-state index contributed by atoms with van der Waals surface area (Å²) in [5.74, 6) is 3.27. The molecule has 0 saturated heterocycles. The highest BCUT2D eigenvalue weighted by atomic mass is 79.9. The molecule has 1 aromatic carbocycles. The van der Waals surface area contributed by atoms with Crippen molar-refractivity contribution in [1.29, 1.82) is 0 Å². The lowest BCUT2D eigenvalue weighted by molar-refractivity contribution is 0.397. The molecule has 1 saturated carbocycles. The average Bonchev–Trinajstić information content (AvgIpc) is 3.25. The first-order chi connectivity index (χ1) is 12.1. The fourth-order valence-electron chi connectivity index (χ4n) is 3.55. The summed E-state index contributed by atoms with van der Waals surface area (Å²) in [4.78, 5) is 9.00. The highest BCUT2D eigenvalue weighted by molar-refractivity contribution is 9.10. The molecule has 0 amide bonds. The molecule has 25 heavy (non-hydrogen) atoms. The van der Waals surface area contributed by atoms with E-state index < -0.39 is 0 Å². The summed E-state index contributed by atoms with van der Waals surface area (Å²) in [6.07, 6.45) is 3.30. The van der Waals surface area contributed by atoms with Crippen LogP contribution in [-0.4, -0.2) is 33.8 Å². The molecule has 0 spiro atoms. The maximum Gasteiger partial charge on any atom is 0.191 e. The van der Waals surface area contributed by atoms with E-state index in [0.717, 1.165) is 47.9 Å². The van der Waals surface area contributed by atoms with Gasteiger partial charge < -0.3 is 10.6 Å². The van der Waals surface area contributed by atoms with Gasteiger partial charge in [-0.15, -0.1) is 0 Å². The molecule has 2 aromatic rings. The van der Waals surface area contributed by atoms with Crippen molar-refractivity contribution in [3.8, 4) is 0 Å². The van der Waals surface area contributed by atoms with Crippen LogP contribution < -0.4 is 10.6 Å². The van der Waals surface area contributed by atoms with Crippen molar-refractivity contribution in [2.45, 2.75) is 50.7 Å². The van der Waals surface area contributed by atoms with Gasteiger partial charge in [-0.3, -0.25) is 4.99 Å². The normalized spacial score (nSPS) is 25.4. The third-order valence-corrected chi connectivity index (χ3v) is 5.45. The number of benzene rings is 1. The molecule has 2 N–H and O–H groups in total. The number of halogens is 1. The van der Waals surface area contributed by atoms with Crippen molar-refractivity contribution in [1.82, 2.24) is 25.4 Å². The highest BCUT2D eigenvalue weighted by Gasteiger charge is 2.39. The van der Waals surface area contributed by atoms with Gasteiger partial charge in [0.25, 0.3) is 0 Å². The maximum absolute atomic E-state index is 4.59. The lowest BCUT2D eigenvalue weighted by Gasteiger charge is -2.25.